The summed E-state index contributed by atoms with van der Waals surface area (Å²) < 4.78 is 2.08. The van der Waals surface area contributed by atoms with Gasteiger partial charge in [-0.1, -0.05) is 98.8 Å². The Morgan fingerprint density at radius 2 is 1.35 bits per heavy atom. The number of benzene rings is 4. The van der Waals surface area contributed by atoms with Gasteiger partial charge in [-0.15, -0.1) is 0 Å². The number of hydrogen-bond donors (Lipinski definition) is 4. The Labute approximate surface area is 320 Å². The molecule has 0 saturated carbocycles. The summed E-state index contributed by atoms with van der Waals surface area (Å²) in [6.07, 6.45) is 13.0. The maximum Gasteiger partial charge on any atom is 0.326 e. The molecule has 1 amide bonds. The second-order valence-corrected chi connectivity index (χ2v) is 14.9. The highest BCUT2D eigenvalue weighted by atomic mass is 16.4. The summed E-state index contributed by atoms with van der Waals surface area (Å²) in [5, 5.41) is 34.9. The average molecular weight is 741 g/mol. The molecule has 2 heterocycles. The number of amides is 1. The zero-order valence-electron chi connectivity index (χ0n) is 31.5. The number of carboxylic acid groups (broad SMARTS) is 3. The minimum atomic E-state index is -1.52. The van der Waals surface area contributed by atoms with Crippen LogP contribution in [-0.2, 0) is 30.0 Å². The number of aliphatic carboxylic acids is 3. The number of allylic oxidation sites excluding steroid dienone is 8. The van der Waals surface area contributed by atoms with Gasteiger partial charge in [0.15, 0.2) is 12.3 Å². The molecule has 55 heavy (non-hydrogen) atoms. The highest BCUT2D eigenvalue weighted by Gasteiger charge is 2.46. The van der Waals surface area contributed by atoms with E-state index in [2.05, 4.69) is 85.0 Å². The van der Waals surface area contributed by atoms with E-state index in [1.165, 1.54) is 5.56 Å². The fourth-order valence-corrected chi connectivity index (χ4v) is 8.10. The van der Waals surface area contributed by atoms with Crippen molar-refractivity contribution in [1.29, 1.82) is 0 Å². The van der Waals surface area contributed by atoms with Crippen LogP contribution in [0.1, 0.15) is 58.1 Å². The SMILES string of the molecule is CC1(C)C(/C=C/C=C/C=C/C=C2/N(CCC(=O)O)c3ccc4ccccc4c3C2(C)C)=[N+](CCC(=O)NC(CC(=O)O)C(=O)O)c2ccc3ccccc3c21. The van der Waals surface area contributed by atoms with Crippen molar-refractivity contribution in [3.05, 3.63) is 132 Å². The van der Waals surface area contributed by atoms with E-state index in [-0.39, 0.29) is 24.8 Å². The lowest BCUT2D eigenvalue weighted by atomic mass is 9.79. The van der Waals surface area contributed by atoms with E-state index in [0.717, 1.165) is 49.9 Å². The second-order valence-electron chi connectivity index (χ2n) is 14.9. The van der Waals surface area contributed by atoms with E-state index in [4.69, 9.17) is 5.11 Å². The number of nitrogens with zero attached hydrogens (tertiary/aromatic N) is 2. The maximum atomic E-state index is 12.9. The molecule has 4 aromatic rings. The summed E-state index contributed by atoms with van der Waals surface area (Å²) in [5.41, 5.74) is 5.44. The molecule has 10 heteroatoms. The van der Waals surface area contributed by atoms with Gasteiger partial charge in [-0.25, -0.2) is 4.79 Å². The minimum absolute atomic E-state index is 0.0121. The summed E-state index contributed by atoms with van der Waals surface area (Å²) in [7, 11) is 0. The third-order valence-corrected chi connectivity index (χ3v) is 10.6. The summed E-state index contributed by atoms with van der Waals surface area (Å²) in [6, 6.07) is 23.2. The Morgan fingerprint density at radius 3 is 2.00 bits per heavy atom. The molecule has 2 aliphatic rings. The third kappa shape index (κ3) is 7.71. The van der Waals surface area contributed by atoms with Crippen LogP contribution in [0.15, 0.2) is 121 Å². The lowest BCUT2D eigenvalue weighted by Crippen LogP contribution is -2.42. The van der Waals surface area contributed by atoms with Gasteiger partial charge in [-0.2, -0.15) is 4.58 Å². The molecule has 4 aromatic carbocycles. The van der Waals surface area contributed by atoms with Crippen LogP contribution >= 0.6 is 0 Å². The van der Waals surface area contributed by atoms with Gasteiger partial charge < -0.3 is 25.5 Å². The van der Waals surface area contributed by atoms with Crippen molar-refractivity contribution in [2.24, 2.45) is 0 Å². The molecular formula is C45H46N3O7+. The van der Waals surface area contributed by atoms with Crippen molar-refractivity contribution in [3.63, 3.8) is 0 Å². The predicted molar refractivity (Wildman–Crippen MR) is 215 cm³/mol. The smallest absolute Gasteiger partial charge is 0.326 e. The van der Waals surface area contributed by atoms with Crippen LogP contribution in [0.25, 0.3) is 21.5 Å². The zero-order chi connectivity index (χ0) is 39.5. The van der Waals surface area contributed by atoms with Crippen molar-refractivity contribution < 1.29 is 39.1 Å². The molecule has 0 saturated heterocycles. The number of nitrogens with one attached hydrogen (secondary N) is 1. The fraction of sp³-hybridized carbons (Fsp3) is 0.267. The van der Waals surface area contributed by atoms with Crippen molar-refractivity contribution in [2.45, 2.75) is 63.8 Å². The first-order chi connectivity index (χ1) is 26.2. The molecule has 0 aliphatic carbocycles. The Morgan fingerprint density at radius 1 is 0.727 bits per heavy atom. The van der Waals surface area contributed by atoms with Crippen LogP contribution in [0.2, 0.25) is 0 Å². The third-order valence-electron chi connectivity index (χ3n) is 10.6. The van der Waals surface area contributed by atoms with E-state index in [1.54, 1.807) is 0 Å². The number of carbonyl (C=O) groups excluding carboxylic acids is 1. The lowest BCUT2D eigenvalue weighted by molar-refractivity contribution is -0.436. The summed E-state index contributed by atoms with van der Waals surface area (Å²) in [4.78, 5) is 49.4. The minimum Gasteiger partial charge on any atom is -0.481 e. The number of carbonyl (C=O) groups is 4. The standard InChI is InChI=1S/C45H45N3O7/c1-44(2)36(47(26-24-38(49)46-33(43(54)55)28-40(52)53)34-22-20-29-14-10-12-16-31(29)41(34)44)18-8-6-5-7-9-19-37-45(3,4)42-32-17-13-11-15-30(32)21-23-35(42)48(37)27-25-39(50)51/h5-23,33H,24-28H2,1-4H3,(H3-,46,49,50,51,52,53,54,55)/p+1. The van der Waals surface area contributed by atoms with Crippen molar-refractivity contribution in [3.8, 4) is 0 Å². The first kappa shape index (κ1) is 38.4. The molecule has 1 unspecified atom stereocenters. The van der Waals surface area contributed by atoms with Crippen LogP contribution in [0.5, 0.6) is 0 Å². The second kappa shape index (κ2) is 15.6. The molecule has 6 rings (SSSR count). The topological polar surface area (TPSA) is 147 Å². The summed E-state index contributed by atoms with van der Waals surface area (Å²) in [5.74, 6) is -4.11. The Bertz CT molecular complexity index is 2360. The van der Waals surface area contributed by atoms with E-state index >= 15 is 0 Å². The molecule has 4 N–H and O–H groups in total. The van der Waals surface area contributed by atoms with Gasteiger partial charge in [0.25, 0.3) is 0 Å². The molecule has 1 atom stereocenters. The van der Waals surface area contributed by atoms with Crippen LogP contribution < -0.4 is 10.2 Å². The van der Waals surface area contributed by atoms with Crippen LogP contribution in [-0.4, -0.2) is 68.6 Å². The highest BCUT2D eigenvalue weighted by Crippen LogP contribution is 2.51. The maximum absolute atomic E-state index is 12.9. The van der Waals surface area contributed by atoms with Crippen molar-refractivity contribution in [1.82, 2.24) is 5.32 Å². The van der Waals surface area contributed by atoms with Crippen LogP contribution in [0.3, 0.4) is 0 Å². The molecule has 10 nitrogen and oxygen atoms in total. The molecule has 0 aromatic heterocycles. The largest absolute Gasteiger partial charge is 0.481 e. The summed E-state index contributed by atoms with van der Waals surface area (Å²) in [6.45, 7) is 9.24. The molecule has 0 radical (unpaired) electrons. The molecule has 2 aliphatic heterocycles. The van der Waals surface area contributed by atoms with Gasteiger partial charge in [0.2, 0.25) is 11.6 Å². The number of rotatable bonds is 14. The molecule has 282 valence electrons. The monoisotopic (exact) mass is 740 g/mol. The van der Waals surface area contributed by atoms with Gasteiger partial charge >= 0.3 is 17.9 Å². The van der Waals surface area contributed by atoms with E-state index in [0.29, 0.717) is 6.54 Å². The van der Waals surface area contributed by atoms with Gasteiger partial charge in [0.1, 0.15) is 6.04 Å². The van der Waals surface area contributed by atoms with Gasteiger partial charge in [-0.05, 0) is 59.2 Å². The average Bonchev–Trinajstić information content (AvgIpc) is 3.50. The fourth-order valence-electron chi connectivity index (χ4n) is 8.10. The Hall–Kier alpha value is -6.29. The number of carboxylic acids is 3. The Balaban J connectivity index is 1.26. The molecule has 0 bridgehead atoms. The number of hydrogen-bond acceptors (Lipinski definition) is 5. The first-order valence-electron chi connectivity index (χ1n) is 18.4. The summed E-state index contributed by atoms with van der Waals surface area (Å²) >= 11 is 0. The zero-order valence-corrected chi connectivity index (χ0v) is 31.5. The molecule has 0 spiro atoms. The van der Waals surface area contributed by atoms with Crippen molar-refractivity contribution in [2.75, 3.05) is 18.0 Å². The van der Waals surface area contributed by atoms with Crippen LogP contribution in [0.4, 0.5) is 11.4 Å². The lowest BCUT2D eigenvalue weighted by Gasteiger charge is -2.26. The quantitative estimate of drug-likeness (QED) is 0.0763. The highest BCUT2D eigenvalue weighted by molar-refractivity contribution is 6.07. The Kier molecular flexibility index (Phi) is 10.9. The van der Waals surface area contributed by atoms with E-state index < -0.39 is 41.7 Å². The van der Waals surface area contributed by atoms with Gasteiger partial charge in [0, 0.05) is 41.1 Å². The van der Waals surface area contributed by atoms with Crippen molar-refractivity contribution >= 4 is 62.4 Å². The predicted octanol–water partition coefficient (Wildman–Crippen LogP) is 7.63. The first-order valence-corrected chi connectivity index (χ1v) is 18.4. The normalized spacial score (nSPS) is 17.2. The molecular weight excluding hydrogens is 695 g/mol. The van der Waals surface area contributed by atoms with Gasteiger partial charge in [0.05, 0.1) is 24.7 Å². The van der Waals surface area contributed by atoms with E-state index in [9.17, 15) is 29.4 Å². The number of anilines is 1. The number of fused-ring (bicyclic) bond motifs is 6. The van der Waals surface area contributed by atoms with Crippen LogP contribution in [0, 0.1) is 0 Å². The van der Waals surface area contributed by atoms with Gasteiger partial charge in [-0.3, -0.25) is 14.4 Å². The molecule has 0 fully saturated rings. The van der Waals surface area contributed by atoms with E-state index in [1.807, 2.05) is 72.9 Å².